The molecule has 0 saturated carbocycles. The normalized spacial score (nSPS) is 8.62. The highest BCUT2D eigenvalue weighted by Crippen LogP contribution is 2.16. The topological polar surface area (TPSA) is 23.8 Å². The number of hydrogen-bond donors (Lipinski definition) is 0. The van der Waals surface area contributed by atoms with Crippen LogP contribution in [0.4, 0.5) is 0 Å². The molecule has 13 heavy (non-hydrogen) atoms. The minimum atomic E-state index is 0.684. The first-order valence-electron chi connectivity index (χ1n) is 4.21. The summed E-state index contributed by atoms with van der Waals surface area (Å²) in [5, 5.41) is 8.60. The molecule has 0 aromatic heterocycles. The van der Waals surface area contributed by atoms with Gasteiger partial charge >= 0.3 is 0 Å². The maximum absolute atomic E-state index is 8.60. The van der Waals surface area contributed by atoms with E-state index in [0.717, 1.165) is 17.6 Å². The maximum atomic E-state index is 8.60. The summed E-state index contributed by atoms with van der Waals surface area (Å²) in [4.78, 5) is 0. The maximum Gasteiger partial charge on any atom is 0.0991 e. The van der Waals surface area contributed by atoms with Crippen molar-refractivity contribution < 1.29 is 0 Å². The first kappa shape index (κ1) is 9.32. The molecular formula is C12H11N. The van der Waals surface area contributed by atoms with E-state index < -0.39 is 0 Å². The van der Waals surface area contributed by atoms with Crippen LogP contribution in [-0.2, 0) is 0 Å². The van der Waals surface area contributed by atoms with E-state index in [2.05, 4.69) is 25.3 Å². The van der Waals surface area contributed by atoms with Crippen molar-refractivity contribution in [3.8, 4) is 6.07 Å². The van der Waals surface area contributed by atoms with E-state index in [4.69, 9.17) is 5.26 Å². The lowest BCUT2D eigenvalue weighted by atomic mass is 10.0. The number of benzene rings is 1. The second kappa shape index (κ2) is 4.30. The Morgan fingerprint density at radius 3 is 2.38 bits per heavy atom. The Balaban J connectivity index is 3.06. The quantitative estimate of drug-likeness (QED) is 0.624. The highest BCUT2D eigenvalue weighted by molar-refractivity contribution is 5.64. The lowest BCUT2D eigenvalue weighted by Gasteiger charge is -2.00. The predicted molar refractivity (Wildman–Crippen MR) is 54.0 cm³/mol. The van der Waals surface area contributed by atoms with Gasteiger partial charge < -0.3 is 0 Å². The molecule has 0 bridgehead atoms. The number of allylic oxidation sites excluding steroid dienone is 1. The lowest BCUT2D eigenvalue weighted by molar-refractivity contribution is 1.24. The molecule has 0 spiro atoms. The number of hydrogen-bond acceptors (Lipinski definition) is 1. The van der Waals surface area contributed by atoms with Crippen molar-refractivity contribution in [2.24, 2.45) is 0 Å². The Bertz CT molecular complexity index is 373. The zero-order valence-electron chi connectivity index (χ0n) is 7.67. The fourth-order valence-corrected chi connectivity index (χ4v) is 1.18. The fourth-order valence-electron chi connectivity index (χ4n) is 1.18. The summed E-state index contributed by atoms with van der Waals surface area (Å²) in [6.07, 6.45) is 0.912. The summed E-state index contributed by atoms with van der Waals surface area (Å²) in [5.41, 5.74) is 5.75. The SMILES string of the molecule is C=C=C(CC)c1ccc(C#N)cc1. The van der Waals surface area contributed by atoms with Gasteiger partial charge in [-0.25, -0.2) is 0 Å². The first-order valence-corrected chi connectivity index (χ1v) is 4.21. The van der Waals surface area contributed by atoms with E-state index in [1.54, 1.807) is 0 Å². The molecule has 0 radical (unpaired) electrons. The summed E-state index contributed by atoms with van der Waals surface area (Å²) in [6.45, 7) is 5.69. The largest absolute Gasteiger partial charge is 0.192 e. The van der Waals surface area contributed by atoms with Gasteiger partial charge in [-0.15, -0.1) is 5.73 Å². The van der Waals surface area contributed by atoms with E-state index in [9.17, 15) is 0 Å². The van der Waals surface area contributed by atoms with Gasteiger partial charge in [-0.1, -0.05) is 25.6 Å². The standard InChI is InChI=1S/C12H11N/c1-3-11(4-2)12-7-5-10(9-13)6-8-12/h5-8H,1,4H2,2H3. The van der Waals surface area contributed by atoms with Crippen molar-refractivity contribution in [2.45, 2.75) is 13.3 Å². The monoisotopic (exact) mass is 169 g/mol. The highest BCUT2D eigenvalue weighted by atomic mass is 14.2. The van der Waals surface area contributed by atoms with Gasteiger partial charge in [0.1, 0.15) is 0 Å². The second-order valence-electron chi connectivity index (χ2n) is 2.70. The Hall–Kier alpha value is -1.77. The van der Waals surface area contributed by atoms with Crippen LogP contribution in [0.15, 0.2) is 36.6 Å². The van der Waals surface area contributed by atoms with E-state index in [1.165, 1.54) is 0 Å². The van der Waals surface area contributed by atoms with Crippen LogP contribution in [0.3, 0.4) is 0 Å². The van der Waals surface area contributed by atoms with Crippen LogP contribution >= 0.6 is 0 Å². The van der Waals surface area contributed by atoms with Crippen LogP contribution in [0, 0.1) is 11.3 Å². The molecule has 1 aromatic carbocycles. The number of rotatable bonds is 2. The van der Waals surface area contributed by atoms with Crippen LogP contribution in [0.1, 0.15) is 24.5 Å². The third-order valence-corrected chi connectivity index (χ3v) is 1.93. The van der Waals surface area contributed by atoms with Crippen molar-refractivity contribution in [1.29, 1.82) is 5.26 Å². The van der Waals surface area contributed by atoms with E-state index in [1.807, 2.05) is 24.3 Å². The third kappa shape index (κ3) is 2.08. The summed E-state index contributed by atoms with van der Waals surface area (Å²) >= 11 is 0. The van der Waals surface area contributed by atoms with Crippen molar-refractivity contribution in [3.63, 3.8) is 0 Å². The van der Waals surface area contributed by atoms with Gasteiger partial charge in [0.15, 0.2) is 0 Å². The predicted octanol–water partition coefficient (Wildman–Crippen LogP) is 3.14. The molecule has 0 atom stereocenters. The third-order valence-electron chi connectivity index (χ3n) is 1.93. The molecule has 1 heteroatoms. The molecule has 0 aliphatic carbocycles. The zero-order valence-corrected chi connectivity index (χ0v) is 7.67. The Kier molecular flexibility index (Phi) is 3.09. The minimum Gasteiger partial charge on any atom is -0.192 e. The van der Waals surface area contributed by atoms with E-state index >= 15 is 0 Å². The van der Waals surface area contributed by atoms with Gasteiger partial charge in [0, 0.05) is 5.57 Å². The molecule has 1 aromatic rings. The van der Waals surface area contributed by atoms with Gasteiger partial charge in [0.25, 0.3) is 0 Å². The molecule has 0 aliphatic heterocycles. The Morgan fingerprint density at radius 1 is 1.38 bits per heavy atom. The first-order chi connectivity index (χ1) is 6.31. The van der Waals surface area contributed by atoms with Crippen LogP contribution in [-0.4, -0.2) is 0 Å². The van der Waals surface area contributed by atoms with E-state index in [0.29, 0.717) is 5.56 Å². The summed E-state index contributed by atoms with van der Waals surface area (Å²) < 4.78 is 0. The van der Waals surface area contributed by atoms with Crippen LogP contribution in [0.2, 0.25) is 0 Å². The number of nitriles is 1. The van der Waals surface area contributed by atoms with Gasteiger partial charge in [0.2, 0.25) is 0 Å². The van der Waals surface area contributed by atoms with Crippen molar-refractivity contribution >= 4 is 5.57 Å². The molecule has 0 unspecified atom stereocenters. The van der Waals surface area contributed by atoms with Gasteiger partial charge in [-0.2, -0.15) is 5.26 Å². The molecule has 0 N–H and O–H groups in total. The molecule has 0 fully saturated rings. The average molecular weight is 169 g/mol. The molecule has 1 rings (SSSR count). The molecule has 1 nitrogen and oxygen atoms in total. The van der Waals surface area contributed by atoms with Crippen LogP contribution in [0.5, 0.6) is 0 Å². The summed E-state index contributed by atoms with van der Waals surface area (Å²) in [6, 6.07) is 9.55. The molecule has 64 valence electrons. The van der Waals surface area contributed by atoms with Crippen LogP contribution < -0.4 is 0 Å². The summed E-state index contributed by atoms with van der Waals surface area (Å²) in [5.74, 6) is 0. The molecule has 0 heterocycles. The van der Waals surface area contributed by atoms with E-state index in [-0.39, 0.29) is 0 Å². The molecule has 0 amide bonds. The molecular weight excluding hydrogens is 158 g/mol. The second-order valence-corrected chi connectivity index (χ2v) is 2.70. The zero-order chi connectivity index (χ0) is 9.68. The highest BCUT2D eigenvalue weighted by Gasteiger charge is 1.97. The van der Waals surface area contributed by atoms with Crippen LogP contribution in [0.25, 0.3) is 5.57 Å². The molecule has 0 saturated heterocycles. The average Bonchev–Trinajstić information content (AvgIpc) is 2.21. The van der Waals surface area contributed by atoms with Gasteiger partial charge in [-0.3, -0.25) is 0 Å². The van der Waals surface area contributed by atoms with Crippen molar-refractivity contribution in [2.75, 3.05) is 0 Å². The van der Waals surface area contributed by atoms with Crippen molar-refractivity contribution in [1.82, 2.24) is 0 Å². The van der Waals surface area contributed by atoms with Gasteiger partial charge in [-0.05, 0) is 24.1 Å². The molecule has 0 aliphatic rings. The van der Waals surface area contributed by atoms with Gasteiger partial charge in [0.05, 0.1) is 11.6 Å². The summed E-state index contributed by atoms with van der Waals surface area (Å²) in [7, 11) is 0. The lowest BCUT2D eigenvalue weighted by Crippen LogP contribution is -1.81. The Labute approximate surface area is 78.6 Å². The van der Waals surface area contributed by atoms with Crippen molar-refractivity contribution in [3.05, 3.63) is 47.7 Å². The number of nitrogens with zero attached hydrogens (tertiary/aromatic N) is 1. The fraction of sp³-hybridized carbons (Fsp3) is 0.167. The Morgan fingerprint density at radius 2 is 2.00 bits per heavy atom. The minimum absolute atomic E-state index is 0.684. The smallest absolute Gasteiger partial charge is 0.0991 e.